The predicted molar refractivity (Wildman–Crippen MR) is 122 cm³/mol. The molecule has 0 aliphatic carbocycles. The van der Waals surface area contributed by atoms with Crippen molar-refractivity contribution in [1.82, 2.24) is 5.32 Å². The summed E-state index contributed by atoms with van der Waals surface area (Å²) in [4.78, 5) is 26.4. The molecule has 0 saturated carbocycles. The van der Waals surface area contributed by atoms with E-state index in [1.165, 1.54) is 23.5 Å². The van der Waals surface area contributed by atoms with Crippen LogP contribution in [0.25, 0.3) is 5.70 Å². The van der Waals surface area contributed by atoms with Crippen LogP contribution in [0.4, 0.5) is 0 Å². The maximum absolute atomic E-state index is 13.9. The molecule has 6 nitrogen and oxygen atoms in total. The van der Waals surface area contributed by atoms with Gasteiger partial charge in [-0.05, 0) is 47.0 Å². The molecule has 0 fully saturated rings. The molecule has 2 aromatic carbocycles. The Labute approximate surface area is 190 Å². The number of sulfone groups is 1. The lowest BCUT2D eigenvalue weighted by atomic mass is 9.82. The fraction of sp³-hybridized carbons (Fsp3) is 0.167. The van der Waals surface area contributed by atoms with E-state index in [2.05, 4.69) is 5.32 Å². The number of carbonyl (C=O) groups excluding carboxylic acids is 2. The van der Waals surface area contributed by atoms with Crippen LogP contribution in [-0.4, -0.2) is 26.9 Å². The molecule has 2 atom stereocenters. The van der Waals surface area contributed by atoms with Crippen molar-refractivity contribution >= 4 is 38.7 Å². The number of hydrogen-bond donors (Lipinski definition) is 1. The molecule has 2 unspecified atom stereocenters. The zero-order chi connectivity index (χ0) is 22.7. The van der Waals surface area contributed by atoms with E-state index in [4.69, 9.17) is 4.74 Å². The van der Waals surface area contributed by atoms with Crippen molar-refractivity contribution in [2.24, 2.45) is 5.92 Å². The monoisotopic (exact) mass is 467 g/mol. The van der Waals surface area contributed by atoms with Gasteiger partial charge in [0, 0.05) is 0 Å². The Bertz CT molecular complexity index is 1250. The Morgan fingerprint density at radius 2 is 1.69 bits per heavy atom. The molecule has 2 heterocycles. The van der Waals surface area contributed by atoms with Crippen molar-refractivity contribution in [3.63, 3.8) is 0 Å². The van der Waals surface area contributed by atoms with E-state index in [0.717, 1.165) is 0 Å². The molecule has 1 N–H and O–H groups in total. The molecule has 1 aromatic heterocycles. The highest BCUT2D eigenvalue weighted by atomic mass is 32.2. The van der Waals surface area contributed by atoms with Crippen LogP contribution in [0.5, 0.6) is 0 Å². The van der Waals surface area contributed by atoms with Crippen LogP contribution in [0.1, 0.15) is 24.0 Å². The quantitative estimate of drug-likeness (QED) is 0.554. The van der Waals surface area contributed by atoms with Crippen molar-refractivity contribution in [2.45, 2.75) is 17.7 Å². The van der Waals surface area contributed by atoms with Crippen LogP contribution in [0, 0.1) is 5.92 Å². The average molecular weight is 468 g/mol. The number of rotatable bonds is 6. The number of thiophene rings is 1. The number of nitrogens with one attached hydrogen (secondary N) is 1. The standard InChI is InChI=1S/C24H21NO5S2/c1-2-30-24(27)20-19(17-13-14-31-15-17)23(26)25-21(16-9-5-3-6-10-16)22(20)32(28,29)18-11-7-4-8-12-18/h3-15,19-20H,2H2,1H3,(H,25,26). The molecule has 0 bridgehead atoms. The highest BCUT2D eigenvalue weighted by molar-refractivity contribution is 7.95. The summed E-state index contributed by atoms with van der Waals surface area (Å²) in [5, 5.41) is 6.31. The molecule has 32 heavy (non-hydrogen) atoms. The van der Waals surface area contributed by atoms with Gasteiger partial charge in [-0.25, -0.2) is 8.42 Å². The van der Waals surface area contributed by atoms with Crippen LogP contribution in [0.3, 0.4) is 0 Å². The van der Waals surface area contributed by atoms with Gasteiger partial charge in [0.15, 0.2) is 0 Å². The highest BCUT2D eigenvalue weighted by Crippen LogP contribution is 2.43. The zero-order valence-electron chi connectivity index (χ0n) is 17.2. The van der Waals surface area contributed by atoms with E-state index < -0.39 is 33.5 Å². The molecule has 0 spiro atoms. The van der Waals surface area contributed by atoms with Crippen LogP contribution in [0.2, 0.25) is 0 Å². The molecule has 8 heteroatoms. The third kappa shape index (κ3) is 3.99. The van der Waals surface area contributed by atoms with Crippen LogP contribution in [-0.2, 0) is 24.2 Å². The van der Waals surface area contributed by atoms with Gasteiger partial charge in [-0.1, -0.05) is 48.5 Å². The Morgan fingerprint density at radius 3 is 2.28 bits per heavy atom. The summed E-state index contributed by atoms with van der Waals surface area (Å²) in [7, 11) is -4.15. The second-order valence-electron chi connectivity index (χ2n) is 7.18. The summed E-state index contributed by atoms with van der Waals surface area (Å²) < 4.78 is 33.1. The third-order valence-corrected chi connectivity index (χ3v) is 7.87. The number of ether oxygens (including phenoxy) is 1. The maximum Gasteiger partial charge on any atom is 0.315 e. The fourth-order valence-electron chi connectivity index (χ4n) is 3.84. The summed E-state index contributed by atoms with van der Waals surface area (Å²) in [5.74, 6) is -3.55. The lowest BCUT2D eigenvalue weighted by Crippen LogP contribution is -2.44. The van der Waals surface area contributed by atoms with Crippen molar-refractivity contribution in [1.29, 1.82) is 0 Å². The first-order chi connectivity index (χ1) is 15.4. The first-order valence-corrected chi connectivity index (χ1v) is 12.5. The van der Waals surface area contributed by atoms with Gasteiger partial charge in [-0.3, -0.25) is 9.59 Å². The second-order valence-corrected chi connectivity index (χ2v) is 9.87. The number of esters is 1. The van der Waals surface area contributed by atoms with E-state index in [-0.39, 0.29) is 22.1 Å². The lowest BCUT2D eigenvalue weighted by Gasteiger charge is -2.33. The summed E-state index contributed by atoms with van der Waals surface area (Å²) in [6, 6.07) is 18.3. The molecule has 3 aromatic rings. The lowest BCUT2D eigenvalue weighted by molar-refractivity contribution is -0.149. The maximum atomic E-state index is 13.9. The summed E-state index contributed by atoms with van der Waals surface area (Å²) in [6.45, 7) is 1.71. The summed E-state index contributed by atoms with van der Waals surface area (Å²) in [5.41, 5.74) is 1.16. The average Bonchev–Trinajstić information content (AvgIpc) is 3.34. The van der Waals surface area contributed by atoms with E-state index in [1.54, 1.807) is 72.3 Å². The smallest absolute Gasteiger partial charge is 0.315 e. The number of benzene rings is 2. The molecule has 1 amide bonds. The minimum absolute atomic E-state index is 0.0398. The van der Waals surface area contributed by atoms with Crippen molar-refractivity contribution in [3.05, 3.63) is 93.5 Å². The minimum atomic E-state index is -4.15. The van der Waals surface area contributed by atoms with Crippen LogP contribution < -0.4 is 5.32 Å². The Kier molecular flexibility index (Phi) is 6.25. The van der Waals surface area contributed by atoms with Crippen molar-refractivity contribution in [2.75, 3.05) is 6.61 Å². The van der Waals surface area contributed by atoms with Crippen LogP contribution in [0.15, 0.2) is 87.3 Å². The van der Waals surface area contributed by atoms with Gasteiger partial charge in [0.1, 0.15) is 5.92 Å². The van der Waals surface area contributed by atoms with E-state index in [1.807, 2.05) is 0 Å². The van der Waals surface area contributed by atoms with Gasteiger partial charge in [-0.2, -0.15) is 11.3 Å². The van der Waals surface area contributed by atoms with Crippen LogP contribution >= 0.6 is 11.3 Å². The van der Waals surface area contributed by atoms with E-state index >= 15 is 0 Å². The summed E-state index contributed by atoms with van der Waals surface area (Å²) in [6.07, 6.45) is 0. The Hall–Kier alpha value is -3.23. The molecular weight excluding hydrogens is 446 g/mol. The molecular formula is C24H21NO5S2. The van der Waals surface area contributed by atoms with E-state index in [0.29, 0.717) is 11.1 Å². The van der Waals surface area contributed by atoms with Gasteiger partial charge in [-0.15, -0.1) is 0 Å². The predicted octanol–water partition coefficient (Wildman–Crippen LogP) is 3.98. The van der Waals surface area contributed by atoms with Crippen molar-refractivity contribution in [3.8, 4) is 0 Å². The van der Waals surface area contributed by atoms with Gasteiger partial charge in [0.2, 0.25) is 15.7 Å². The Morgan fingerprint density at radius 1 is 1.03 bits per heavy atom. The third-order valence-electron chi connectivity index (χ3n) is 5.24. The topological polar surface area (TPSA) is 89.5 Å². The first-order valence-electron chi connectivity index (χ1n) is 10.0. The van der Waals surface area contributed by atoms with Gasteiger partial charge in [0.25, 0.3) is 0 Å². The molecule has 1 aliphatic heterocycles. The molecule has 4 rings (SSSR count). The SMILES string of the molecule is CCOC(=O)C1C(S(=O)(=O)c2ccccc2)=C(c2ccccc2)NC(=O)C1c1ccsc1. The molecule has 0 saturated heterocycles. The second kappa shape index (κ2) is 9.10. The van der Waals surface area contributed by atoms with Crippen molar-refractivity contribution < 1.29 is 22.7 Å². The highest BCUT2D eigenvalue weighted by Gasteiger charge is 2.49. The number of amides is 1. The minimum Gasteiger partial charge on any atom is -0.465 e. The normalized spacial score (nSPS) is 18.8. The van der Waals surface area contributed by atoms with Gasteiger partial charge < -0.3 is 10.1 Å². The molecule has 0 radical (unpaired) electrons. The van der Waals surface area contributed by atoms with Gasteiger partial charge >= 0.3 is 5.97 Å². The Balaban J connectivity index is 2.04. The molecule has 164 valence electrons. The zero-order valence-corrected chi connectivity index (χ0v) is 18.9. The first kappa shape index (κ1) is 22.0. The number of hydrogen-bond acceptors (Lipinski definition) is 6. The van der Waals surface area contributed by atoms with Gasteiger partial charge in [0.05, 0.1) is 28.0 Å². The number of carbonyl (C=O) groups is 2. The molecule has 1 aliphatic rings. The summed E-state index contributed by atoms with van der Waals surface area (Å²) >= 11 is 1.37. The largest absolute Gasteiger partial charge is 0.465 e. The fourth-order valence-corrected chi connectivity index (χ4v) is 6.31. The van der Waals surface area contributed by atoms with E-state index in [9.17, 15) is 18.0 Å².